The average Bonchev–Trinajstić information content (AvgIpc) is 3.27. The molecular formula is C32H35N5O2S. The number of hydrogen-bond acceptors (Lipinski definition) is 5. The molecule has 2 aromatic heterocycles. The van der Waals surface area contributed by atoms with Crippen molar-refractivity contribution in [3.63, 3.8) is 0 Å². The normalized spacial score (nSPS) is 15.5. The molecule has 3 heterocycles. The highest BCUT2D eigenvalue weighted by atomic mass is 32.2. The largest absolute Gasteiger partial charge is 0.350 e. The van der Waals surface area contributed by atoms with E-state index in [4.69, 9.17) is 5.10 Å². The maximum atomic E-state index is 13.8. The van der Waals surface area contributed by atoms with Gasteiger partial charge in [0, 0.05) is 29.9 Å². The minimum absolute atomic E-state index is 0.103. The van der Waals surface area contributed by atoms with Crippen LogP contribution in [0.4, 0.5) is 5.82 Å². The summed E-state index contributed by atoms with van der Waals surface area (Å²) in [5.74, 6) is 0.557. The number of amides is 2. The Hall–Kier alpha value is -3.91. The molecule has 0 bridgehead atoms. The second-order valence-electron chi connectivity index (χ2n) is 11.3. The molecule has 1 N–H and O–H groups in total. The Kier molecular flexibility index (Phi) is 7.81. The number of anilines is 1. The molecule has 0 radical (unpaired) electrons. The van der Waals surface area contributed by atoms with Gasteiger partial charge in [-0.25, -0.2) is 4.68 Å². The number of carbonyl (C=O) groups excluding carboxylic acids is 2. The lowest BCUT2D eigenvalue weighted by Crippen LogP contribution is -2.42. The fraction of sp³-hybridized carbons (Fsp3) is 0.312. The lowest BCUT2D eigenvalue weighted by molar-refractivity contribution is -0.123. The Labute approximate surface area is 240 Å². The van der Waals surface area contributed by atoms with Crippen LogP contribution >= 0.6 is 11.8 Å². The number of hydrogen-bond donors (Lipinski definition) is 1. The number of carbonyl (C=O) groups is 2. The molecule has 1 aliphatic heterocycles. The first-order chi connectivity index (χ1) is 19.1. The molecule has 0 aliphatic carbocycles. The molecule has 8 heteroatoms. The molecule has 0 fully saturated rings. The van der Waals surface area contributed by atoms with Crippen LogP contribution in [0.5, 0.6) is 0 Å². The van der Waals surface area contributed by atoms with Gasteiger partial charge >= 0.3 is 0 Å². The summed E-state index contributed by atoms with van der Waals surface area (Å²) >= 11 is 1.60. The van der Waals surface area contributed by atoms with E-state index in [1.54, 1.807) is 29.1 Å². The van der Waals surface area contributed by atoms with Gasteiger partial charge in [0.1, 0.15) is 12.4 Å². The highest BCUT2D eigenvalue weighted by Gasteiger charge is 2.40. The van der Waals surface area contributed by atoms with Gasteiger partial charge in [0.15, 0.2) is 0 Å². The van der Waals surface area contributed by atoms with E-state index in [-0.39, 0.29) is 34.8 Å². The standard InChI is InChI=1S/C32H35N5O2S/c1-21-10-8-13-24(16-21)37-31-28(30(35-37)32(3,4)5)29(25-14-7-6-11-22(25)2)40-20-27(39)36(31)19-26(38)34-18-23-12-9-15-33-17-23/h6-17,29H,18-20H2,1-5H3,(H,34,38)/t29-/m1/s1. The molecule has 5 rings (SSSR count). The number of aromatic nitrogens is 3. The SMILES string of the molecule is Cc1cccc(-n2nc(C(C)(C)C)c3c2N(CC(=O)NCc2cccnc2)C(=O)CS[C@@H]3c2ccccc2C)c1. The van der Waals surface area contributed by atoms with Crippen molar-refractivity contribution in [3.05, 3.63) is 107 Å². The van der Waals surface area contributed by atoms with Crippen LogP contribution in [0.15, 0.2) is 73.1 Å². The second-order valence-corrected chi connectivity index (χ2v) is 12.3. The van der Waals surface area contributed by atoms with Gasteiger partial charge in [-0.1, -0.05) is 63.2 Å². The molecule has 0 saturated carbocycles. The summed E-state index contributed by atoms with van der Waals surface area (Å²) in [4.78, 5) is 32.9. The van der Waals surface area contributed by atoms with Gasteiger partial charge in [-0.15, -0.1) is 11.8 Å². The summed E-state index contributed by atoms with van der Waals surface area (Å²) in [7, 11) is 0. The van der Waals surface area contributed by atoms with E-state index >= 15 is 0 Å². The predicted molar refractivity (Wildman–Crippen MR) is 161 cm³/mol. The topological polar surface area (TPSA) is 80.1 Å². The van der Waals surface area contributed by atoms with Crippen LogP contribution in [-0.4, -0.2) is 38.9 Å². The first-order valence-corrected chi connectivity index (χ1v) is 14.5. The number of thioether (sulfide) groups is 1. The second kappa shape index (κ2) is 11.3. The first-order valence-electron chi connectivity index (χ1n) is 13.5. The predicted octanol–water partition coefficient (Wildman–Crippen LogP) is 5.67. The summed E-state index contributed by atoms with van der Waals surface area (Å²) < 4.78 is 1.87. The number of nitrogens with one attached hydrogen (secondary N) is 1. The van der Waals surface area contributed by atoms with Gasteiger partial charge in [-0.2, -0.15) is 5.10 Å². The van der Waals surface area contributed by atoms with Gasteiger partial charge in [0.25, 0.3) is 0 Å². The van der Waals surface area contributed by atoms with E-state index in [0.29, 0.717) is 12.4 Å². The third kappa shape index (κ3) is 5.68. The lowest BCUT2D eigenvalue weighted by atomic mass is 9.86. The summed E-state index contributed by atoms with van der Waals surface area (Å²) in [6.07, 6.45) is 3.42. The van der Waals surface area contributed by atoms with Gasteiger partial charge in [0.05, 0.1) is 22.4 Å². The third-order valence-corrected chi connectivity index (χ3v) is 8.27. The highest BCUT2D eigenvalue weighted by Crippen LogP contribution is 2.49. The number of rotatable bonds is 6. The fourth-order valence-electron chi connectivity index (χ4n) is 5.04. The maximum Gasteiger partial charge on any atom is 0.240 e. The molecule has 206 valence electrons. The number of nitrogens with zero attached hydrogens (tertiary/aromatic N) is 4. The van der Waals surface area contributed by atoms with E-state index < -0.39 is 0 Å². The van der Waals surface area contributed by atoms with Crippen LogP contribution < -0.4 is 10.2 Å². The summed E-state index contributed by atoms with van der Waals surface area (Å²) in [5.41, 5.74) is 6.75. The number of benzene rings is 2. The first kappa shape index (κ1) is 27.6. The van der Waals surface area contributed by atoms with E-state index in [1.807, 2.05) is 54.1 Å². The zero-order chi connectivity index (χ0) is 28.4. The average molecular weight is 554 g/mol. The molecule has 0 unspecified atom stereocenters. The van der Waals surface area contributed by atoms with E-state index in [2.05, 4.69) is 56.2 Å². The minimum Gasteiger partial charge on any atom is -0.350 e. The zero-order valence-corrected chi connectivity index (χ0v) is 24.5. The highest BCUT2D eigenvalue weighted by molar-refractivity contribution is 8.00. The molecule has 0 spiro atoms. The van der Waals surface area contributed by atoms with Crippen molar-refractivity contribution in [3.8, 4) is 5.69 Å². The van der Waals surface area contributed by atoms with Crippen LogP contribution in [0.2, 0.25) is 0 Å². The zero-order valence-electron chi connectivity index (χ0n) is 23.6. The molecule has 40 heavy (non-hydrogen) atoms. The Bertz CT molecular complexity index is 1540. The van der Waals surface area contributed by atoms with Crippen molar-refractivity contribution < 1.29 is 9.59 Å². The van der Waals surface area contributed by atoms with E-state index in [9.17, 15) is 9.59 Å². The molecule has 1 atom stereocenters. The minimum atomic E-state index is -0.303. The molecule has 2 amide bonds. The number of aryl methyl sites for hydroxylation is 2. The Morgan fingerprint density at radius 1 is 1.07 bits per heavy atom. The van der Waals surface area contributed by atoms with Crippen LogP contribution in [-0.2, 0) is 21.5 Å². The van der Waals surface area contributed by atoms with Crippen LogP contribution in [0.1, 0.15) is 59.5 Å². The van der Waals surface area contributed by atoms with Crippen molar-refractivity contribution in [1.82, 2.24) is 20.1 Å². The quantitative estimate of drug-likeness (QED) is 0.333. The maximum absolute atomic E-state index is 13.8. The van der Waals surface area contributed by atoms with Crippen molar-refractivity contribution in [2.24, 2.45) is 0 Å². The molecule has 4 aromatic rings. The number of pyridine rings is 1. The lowest BCUT2D eigenvalue weighted by Gasteiger charge is -2.25. The van der Waals surface area contributed by atoms with Gasteiger partial charge < -0.3 is 5.32 Å². The molecular weight excluding hydrogens is 518 g/mol. The fourth-order valence-corrected chi connectivity index (χ4v) is 6.34. The molecule has 2 aromatic carbocycles. The monoisotopic (exact) mass is 553 g/mol. The number of fused-ring (bicyclic) bond motifs is 1. The van der Waals surface area contributed by atoms with Gasteiger partial charge in [-0.3, -0.25) is 19.5 Å². The van der Waals surface area contributed by atoms with Crippen molar-refractivity contribution >= 4 is 29.4 Å². The Morgan fingerprint density at radius 3 is 2.58 bits per heavy atom. The smallest absolute Gasteiger partial charge is 0.240 e. The van der Waals surface area contributed by atoms with Crippen LogP contribution in [0.25, 0.3) is 5.69 Å². The van der Waals surface area contributed by atoms with Crippen LogP contribution in [0, 0.1) is 13.8 Å². The van der Waals surface area contributed by atoms with Crippen molar-refractivity contribution in [2.75, 3.05) is 17.2 Å². The Morgan fingerprint density at radius 2 is 1.88 bits per heavy atom. The van der Waals surface area contributed by atoms with Crippen LogP contribution in [0.3, 0.4) is 0 Å². The summed E-state index contributed by atoms with van der Waals surface area (Å²) in [6, 6.07) is 20.2. The molecule has 0 saturated heterocycles. The summed E-state index contributed by atoms with van der Waals surface area (Å²) in [6.45, 7) is 10.8. The van der Waals surface area contributed by atoms with E-state index in [0.717, 1.165) is 39.2 Å². The Balaban J connectivity index is 1.67. The molecule has 1 aliphatic rings. The molecule has 7 nitrogen and oxygen atoms in total. The summed E-state index contributed by atoms with van der Waals surface area (Å²) in [5, 5.41) is 8.03. The van der Waals surface area contributed by atoms with Crippen molar-refractivity contribution in [1.29, 1.82) is 0 Å². The van der Waals surface area contributed by atoms with E-state index in [1.165, 1.54) is 0 Å². The van der Waals surface area contributed by atoms with Gasteiger partial charge in [-0.05, 0) is 54.3 Å². The van der Waals surface area contributed by atoms with Crippen molar-refractivity contribution in [2.45, 2.75) is 51.8 Å². The van der Waals surface area contributed by atoms with Gasteiger partial charge in [0.2, 0.25) is 11.8 Å². The third-order valence-electron chi connectivity index (χ3n) is 7.03.